The van der Waals surface area contributed by atoms with Crippen molar-refractivity contribution in [3.8, 4) is 11.5 Å². The zero-order chi connectivity index (χ0) is 19.8. The fourth-order valence-corrected chi connectivity index (χ4v) is 3.67. The summed E-state index contributed by atoms with van der Waals surface area (Å²) in [4.78, 5) is 15.0. The lowest BCUT2D eigenvalue weighted by molar-refractivity contribution is -0.120. The minimum Gasteiger partial charge on any atom is -0.497 e. The molecular formula is C23H30N2O3. The molecule has 0 aliphatic carbocycles. The second-order valence-electron chi connectivity index (χ2n) is 7.24. The van der Waals surface area contributed by atoms with Gasteiger partial charge in [0.2, 0.25) is 5.91 Å². The number of amides is 1. The van der Waals surface area contributed by atoms with E-state index in [-0.39, 0.29) is 12.3 Å². The molecule has 0 spiro atoms. The van der Waals surface area contributed by atoms with Crippen LogP contribution in [0.4, 0.5) is 0 Å². The minimum atomic E-state index is -0.0174. The Hall–Kier alpha value is -2.53. The summed E-state index contributed by atoms with van der Waals surface area (Å²) in [7, 11) is 3.22. The van der Waals surface area contributed by atoms with E-state index >= 15 is 0 Å². The second kappa shape index (κ2) is 10.1. The highest BCUT2D eigenvalue weighted by Crippen LogP contribution is 2.25. The van der Waals surface area contributed by atoms with E-state index in [0.29, 0.717) is 18.0 Å². The number of hydrogen-bond donors (Lipinski definition) is 1. The minimum absolute atomic E-state index is 0.0174. The Morgan fingerprint density at radius 3 is 2.43 bits per heavy atom. The molecular weight excluding hydrogens is 352 g/mol. The number of hydrogen-bond acceptors (Lipinski definition) is 4. The van der Waals surface area contributed by atoms with Gasteiger partial charge in [-0.05, 0) is 43.1 Å². The molecule has 0 radical (unpaired) electrons. The Labute approximate surface area is 167 Å². The molecule has 0 unspecified atom stereocenters. The first-order valence-electron chi connectivity index (χ1n) is 9.96. The van der Waals surface area contributed by atoms with Gasteiger partial charge in [0, 0.05) is 24.7 Å². The summed E-state index contributed by atoms with van der Waals surface area (Å²) >= 11 is 0. The number of nitrogens with one attached hydrogen (secondary N) is 1. The van der Waals surface area contributed by atoms with Crippen molar-refractivity contribution in [1.82, 2.24) is 10.2 Å². The Bertz CT molecular complexity index is 785. The van der Waals surface area contributed by atoms with Crippen LogP contribution in [0.3, 0.4) is 0 Å². The Morgan fingerprint density at radius 1 is 0.964 bits per heavy atom. The maximum absolute atomic E-state index is 12.5. The van der Waals surface area contributed by atoms with Crippen LogP contribution in [0.2, 0.25) is 0 Å². The molecule has 5 nitrogen and oxygen atoms in total. The van der Waals surface area contributed by atoms with Crippen LogP contribution in [0, 0.1) is 0 Å². The molecule has 5 heteroatoms. The molecule has 1 saturated heterocycles. The van der Waals surface area contributed by atoms with Gasteiger partial charge in [-0.3, -0.25) is 9.69 Å². The molecule has 150 valence electrons. The lowest BCUT2D eigenvalue weighted by atomic mass is 10.0. The van der Waals surface area contributed by atoms with Gasteiger partial charge in [-0.25, -0.2) is 0 Å². The first-order chi connectivity index (χ1) is 13.7. The first kappa shape index (κ1) is 20.2. The fourth-order valence-electron chi connectivity index (χ4n) is 3.67. The number of nitrogens with zero attached hydrogens (tertiary/aromatic N) is 1. The highest BCUT2D eigenvalue weighted by molar-refractivity contribution is 5.79. The molecule has 3 rings (SSSR count). The lowest BCUT2D eigenvalue weighted by Crippen LogP contribution is -2.30. The highest BCUT2D eigenvalue weighted by Gasteiger charge is 2.14. The quantitative estimate of drug-likeness (QED) is 0.759. The van der Waals surface area contributed by atoms with E-state index in [0.717, 1.165) is 25.2 Å². The van der Waals surface area contributed by atoms with Gasteiger partial charge in [-0.15, -0.1) is 0 Å². The van der Waals surface area contributed by atoms with Crippen LogP contribution in [0.25, 0.3) is 0 Å². The number of likely N-dealkylation sites (tertiary alicyclic amines) is 1. The van der Waals surface area contributed by atoms with Crippen molar-refractivity contribution in [2.45, 2.75) is 38.8 Å². The number of benzene rings is 2. The third-order valence-corrected chi connectivity index (χ3v) is 5.28. The van der Waals surface area contributed by atoms with E-state index in [1.54, 1.807) is 20.3 Å². The van der Waals surface area contributed by atoms with Crippen LogP contribution in [0.5, 0.6) is 11.5 Å². The van der Waals surface area contributed by atoms with Gasteiger partial charge in [0.05, 0.1) is 20.6 Å². The number of methoxy groups -OCH3 is 2. The summed E-state index contributed by atoms with van der Waals surface area (Å²) in [6, 6.07) is 13.9. The number of piperidine rings is 1. The van der Waals surface area contributed by atoms with Gasteiger partial charge in [0.15, 0.2) is 0 Å². The van der Waals surface area contributed by atoms with Crippen molar-refractivity contribution in [3.63, 3.8) is 0 Å². The van der Waals surface area contributed by atoms with Crippen molar-refractivity contribution in [2.24, 2.45) is 0 Å². The van der Waals surface area contributed by atoms with Crippen LogP contribution in [0.15, 0.2) is 42.5 Å². The molecule has 28 heavy (non-hydrogen) atoms. The molecule has 0 bridgehead atoms. The Kier molecular flexibility index (Phi) is 7.31. The van der Waals surface area contributed by atoms with Crippen molar-refractivity contribution in [3.05, 3.63) is 59.2 Å². The SMILES string of the molecule is COc1ccc(CC(=O)NCc2ccccc2CN2CCCCC2)c(OC)c1. The van der Waals surface area contributed by atoms with Gasteiger partial charge in [-0.1, -0.05) is 36.8 Å². The average molecular weight is 383 g/mol. The van der Waals surface area contributed by atoms with Crippen LogP contribution < -0.4 is 14.8 Å². The Morgan fingerprint density at radius 2 is 1.71 bits per heavy atom. The summed E-state index contributed by atoms with van der Waals surface area (Å²) in [5.74, 6) is 1.36. The average Bonchev–Trinajstić information content (AvgIpc) is 2.74. The fraction of sp³-hybridized carbons (Fsp3) is 0.435. The largest absolute Gasteiger partial charge is 0.497 e. The third-order valence-electron chi connectivity index (χ3n) is 5.28. The second-order valence-corrected chi connectivity index (χ2v) is 7.24. The number of carbonyl (C=O) groups is 1. The molecule has 1 aliphatic heterocycles. The third kappa shape index (κ3) is 5.49. The van der Waals surface area contributed by atoms with Crippen LogP contribution >= 0.6 is 0 Å². The predicted molar refractivity (Wildman–Crippen MR) is 111 cm³/mol. The van der Waals surface area contributed by atoms with Gasteiger partial charge >= 0.3 is 0 Å². The van der Waals surface area contributed by atoms with Gasteiger partial charge in [-0.2, -0.15) is 0 Å². The number of carbonyl (C=O) groups excluding carboxylic acids is 1. The summed E-state index contributed by atoms with van der Waals surface area (Å²) in [5.41, 5.74) is 3.33. The Balaban J connectivity index is 1.59. The molecule has 1 N–H and O–H groups in total. The van der Waals surface area contributed by atoms with Crippen molar-refractivity contribution >= 4 is 5.91 Å². The topological polar surface area (TPSA) is 50.8 Å². The zero-order valence-electron chi connectivity index (χ0n) is 16.9. The van der Waals surface area contributed by atoms with Crippen LogP contribution in [0.1, 0.15) is 36.0 Å². The normalized spacial score (nSPS) is 14.5. The molecule has 0 aromatic heterocycles. The molecule has 1 amide bonds. The summed E-state index contributed by atoms with van der Waals surface area (Å²) in [6.07, 6.45) is 4.18. The van der Waals surface area contributed by atoms with Gasteiger partial charge in [0.1, 0.15) is 11.5 Å². The molecule has 0 saturated carbocycles. The summed E-state index contributed by atoms with van der Waals surface area (Å²) in [6.45, 7) is 3.83. The molecule has 2 aromatic carbocycles. The lowest BCUT2D eigenvalue weighted by Gasteiger charge is -2.27. The molecule has 0 atom stereocenters. The van der Waals surface area contributed by atoms with Gasteiger partial charge < -0.3 is 14.8 Å². The monoisotopic (exact) mass is 382 g/mol. The predicted octanol–water partition coefficient (Wildman–Crippen LogP) is 3.55. The number of ether oxygens (including phenoxy) is 2. The molecule has 1 fully saturated rings. The van der Waals surface area contributed by atoms with Crippen LogP contribution in [-0.2, 0) is 24.3 Å². The maximum Gasteiger partial charge on any atom is 0.224 e. The van der Waals surface area contributed by atoms with Crippen molar-refractivity contribution in [1.29, 1.82) is 0 Å². The first-order valence-corrected chi connectivity index (χ1v) is 9.96. The van der Waals surface area contributed by atoms with E-state index < -0.39 is 0 Å². The van der Waals surface area contributed by atoms with E-state index in [1.807, 2.05) is 18.2 Å². The van der Waals surface area contributed by atoms with Gasteiger partial charge in [0.25, 0.3) is 0 Å². The molecule has 2 aromatic rings. The molecule has 1 heterocycles. The standard InChI is InChI=1S/C23H30N2O3/c1-27-21-11-10-18(22(15-21)28-2)14-23(26)24-16-19-8-4-5-9-20(19)17-25-12-6-3-7-13-25/h4-5,8-11,15H,3,6-7,12-14,16-17H2,1-2H3,(H,24,26). The van der Waals surface area contributed by atoms with E-state index in [1.165, 1.54) is 30.4 Å². The van der Waals surface area contributed by atoms with E-state index in [4.69, 9.17) is 9.47 Å². The summed E-state index contributed by atoms with van der Waals surface area (Å²) in [5, 5.41) is 3.06. The van der Waals surface area contributed by atoms with E-state index in [2.05, 4.69) is 28.4 Å². The number of rotatable bonds is 8. The summed E-state index contributed by atoms with van der Waals surface area (Å²) < 4.78 is 10.6. The van der Waals surface area contributed by atoms with Crippen LogP contribution in [-0.4, -0.2) is 38.1 Å². The van der Waals surface area contributed by atoms with Crippen molar-refractivity contribution in [2.75, 3.05) is 27.3 Å². The highest BCUT2D eigenvalue weighted by atomic mass is 16.5. The molecule has 1 aliphatic rings. The van der Waals surface area contributed by atoms with Crippen molar-refractivity contribution < 1.29 is 14.3 Å². The zero-order valence-corrected chi connectivity index (χ0v) is 16.9. The smallest absolute Gasteiger partial charge is 0.224 e. The van der Waals surface area contributed by atoms with E-state index in [9.17, 15) is 4.79 Å². The maximum atomic E-state index is 12.5.